The topological polar surface area (TPSA) is 231 Å². The smallest absolute Gasteiger partial charge is 0.306 e. The molecular formula is C57H104O15. The van der Waals surface area contributed by atoms with Crippen LogP contribution >= 0.6 is 0 Å². The second-order valence-electron chi connectivity index (χ2n) is 20.5. The fourth-order valence-corrected chi connectivity index (χ4v) is 9.14. The van der Waals surface area contributed by atoms with E-state index < -0.39 is 92.7 Å². The molecule has 0 aliphatic carbocycles. The van der Waals surface area contributed by atoms with Crippen molar-refractivity contribution in [3.63, 3.8) is 0 Å². The summed E-state index contributed by atoms with van der Waals surface area (Å²) in [6.45, 7) is 2.59. The highest BCUT2D eigenvalue weighted by molar-refractivity contribution is 5.70. The maximum absolute atomic E-state index is 13.0. The summed E-state index contributed by atoms with van der Waals surface area (Å²) in [7, 11) is 0. The van der Waals surface area contributed by atoms with E-state index in [0.717, 1.165) is 44.9 Å². The molecule has 2 aliphatic rings. The average Bonchev–Trinajstić information content (AvgIpc) is 3.37. The first-order valence-electron chi connectivity index (χ1n) is 28.9. The molecule has 2 fully saturated rings. The van der Waals surface area contributed by atoms with Gasteiger partial charge in [-0.3, -0.25) is 9.59 Å². The number of aliphatic hydroxyl groups is 7. The number of esters is 2. The number of allylic oxidation sites excluding steroid dienone is 4. The molecule has 2 rings (SSSR count). The molecule has 0 radical (unpaired) electrons. The van der Waals surface area contributed by atoms with Gasteiger partial charge >= 0.3 is 11.9 Å². The van der Waals surface area contributed by atoms with E-state index in [1.54, 1.807) is 0 Å². The van der Waals surface area contributed by atoms with E-state index in [0.29, 0.717) is 12.8 Å². The van der Waals surface area contributed by atoms with E-state index in [1.165, 1.54) is 148 Å². The highest BCUT2D eigenvalue weighted by atomic mass is 16.7. The number of unbranched alkanes of at least 4 members (excludes halogenated alkanes) is 28. The van der Waals surface area contributed by atoms with Crippen molar-refractivity contribution in [2.75, 3.05) is 26.4 Å². The molecule has 0 aromatic rings. The molecule has 0 bridgehead atoms. The standard InChI is InChI=1S/C57H104O15/c1-3-5-7-9-11-13-15-17-19-20-21-22-23-24-26-27-29-31-33-35-37-39-48(59)67-42-45(70-49(60)40-38-36-34-32-30-28-25-18-16-14-12-10-8-6-4-2)43-68-56-55(66)53(64)51(62)47(72-56)44-69-57-54(65)52(63)50(61)46(41-58)71-57/h10,12,17,19,45-47,50-58,61-66H,3-9,11,13-16,18,20-44H2,1-2H3/b12-10+,19-17+/t45-,46+,47+,50-,51-,52?,53?,54?,55?,56+,57+/m0/s1. The molecule has 0 saturated carbocycles. The van der Waals surface area contributed by atoms with Crippen LogP contribution in [0.1, 0.15) is 232 Å². The van der Waals surface area contributed by atoms with Crippen LogP contribution in [-0.2, 0) is 38.0 Å². The number of ether oxygens (including phenoxy) is 6. The van der Waals surface area contributed by atoms with Gasteiger partial charge in [-0.2, -0.15) is 0 Å². The molecule has 0 aromatic carbocycles. The lowest BCUT2D eigenvalue weighted by molar-refractivity contribution is -0.332. The Balaban J connectivity index is 1.74. The van der Waals surface area contributed by atoms with Gasteiger partial charge < -0.3 is 64.2 Å². The van der Waals surface area contributed by atoms with Crippen molar-refractivity contribution in [3.05, 3.63) is 24.3 Å². The molecule has 2 heterocycles. The van der Waals surface area contributed by atoms with E-state index in [9.17, 15) is 45.3 Å². The van der Waals surface area contributed by atoms with Crippen LogP contribution in [0, 0.1) is 0 Å². The Labute approximate surface area is 434 Å². The van der Waals surface area contributed by atoms with E-state index in [4.69, 9.17) is 28.4 Å². The zero-order valence-electron chi connectivity index (χ0n) is 44.9. The number of aliphatic hydroxyl groups excluding tert-OH is 7. The van der Waals surface area contributed by atoms with Crippen LogP contribution in [0.5, 0.6) is 0 Å². The van der Waals surface area contributed by atoms with Crippen LogP contribution in [0.3, 0.4) is 0 Å². The van der Waals surface area contributed by atoms with E-state index >= 15 is 0 Å². The predicted molar refractivity (Wildman–Crippen MR) is 280 cm³/mol. The number of hydrogen-bond acceptors (Lipinski definition) is 15. The Kier molecular flexibility index (Phi) is 40.5. The fraction of sp³-hybridized carbons (Fsp3) is 0.895. The van der Waals surface area contributed by atoms with E-state index in [-0.39, 0.29) is 26.1 Å². The van der Waals surface area contributed by atoms with Gasteiger partial charge in [0.25, 0.3) is 0 Å². The molecular weight excluding hydrogens is 925 g/mol. The Morgan fingerprint density at radius 1 is 0.431 bits per heavy atom. The molecule has 15 heteroatoms. The van der Waals surface area contributed by atoms with Crippen molar-refractivity contribution in [1.82, 2.24) is 0 Å². The van der Waals surface area contributed by atoms with Gasteiger partial charge in [0.2, 0.25) is 0 Å². The number of carbonyl (C=O) groups excluding carboxylic acids is 2. The summed E-state index contributed by atoms with van der Waals surface area (Å²) >= 11 is 0. The maximum Gasteiger partial charge on any atom is 0.306 e. The Hall–Kier alpha value is -2.02. The monoisotopic (exact) mass is 1030 g/mol. The number of carbonyl (C=O) groups is 2. The highest BCUT2D eigenvalue weighted by Crippen LogP contribution is 2.27. The minimum absolute atomic E-state index is 0.165. The van der Waals surface area contributed by atoms with Crippen molar-refractivity contribution in [1.29, 1.82) is 0 Å². The lowest BCUT2D eigenvalue weighted by Gasteiger charge is -2.42. The SMILES string of the molecule is CCCC/C=C/CCCCCCCCCCCC(=O)O[C@@H](COC(=O)CCCCCCCCCCCCC/C=C/CCCCCCCC)CO[C@@H]1O[C@H](CO[C@@H]2O[C@H](CO)[C@H](O)C(O)C2O)[C@H](O)C(O)C1O. The molecule has 0 aromatic heterocycles. The van der Waals surface area contributed by atoms with Crippen molar-refractivity contribution >= 4 is 11.9 Å². The van der Waals surface area contributed by atoms with Crippen molar-refractivity contribution in [3.8, 4) is 0 Å². The van der Waals surface area contributed by atoms with Gasteiger partial charge in [0.15, 0.2) is 18.7 Å². The van der Waals surface area contributed by atoms with E-state index in [1.807, 2.05) is 0 Å². The minimum atomic E-state index is -1.76. The van der Waals surface area contributed by atoms with Gasteiger partial charge in [0.05, 0.1) is 19.8 Å². The molecule has 15 nitrogen and oxygen atoms in total. The summed E-state index contributed by atoms with van der Waals surface area (Å²) in [5, 5.41) is 72.2. The zero-order chi connectivity index (χ0) is 52.4. The first-order chi connectivity index (χ1) is 35.0. The second-order valence-corrected chi connectivity index (χ2v) is 20.5. The third-order valence-electron chi connectivity index (χ3n) is 13.9. The molecule has 0 amide bonds. The van der Waals surface area contributed by atoms with Gasteiger partial charge in [-0.15, -0.1) is 0 Å². The van der Waals surface area contributed by atoms with Gasteiger partial charge in [0, 0.05) is 12.8 Å². The largest absolute Gasteiger partial charge is 0.462 e. The Bertz CT molecular complexity index is 1350. The summed E-state index contributed by atoms with van der Waals surface area (Å²) in [4.78, 5) is 25.9. The first-order valence-corrected chi connectivity index (χ1v) is 28.9. The quantitative estimate of drug-likeness (QED) is 0.0171. The third kappa shape index (κ3) is 31.1. The summed E-state index contributed by atoms with van der Waals surface area (Å²) in [6, 6.07) is 0. The van der Waals surface area contributed by atoms with E-state index in [2.05, 4.69) is 38.2 Å². The number of hydrogen-bond donors (Lipinski definition) is 7. The first kappa shape index (κ1) is 66.1. The van der Waals surface area contributed by atoms with Gasteiger partial charge in [-0.1, -0.05) is 186 Å². The highest BCUT2D eigenvalue weighted by Gasteiger charge is 2.47. The summed E-state index contributed by atoms with van der Waals surface area (Å²) in [5.41, 5.74) is 0. The van der Waals surface area contributed by atoms with Crippen LogP contribution in [-0.4, -0.2) is 142 Å². The molecule has 72 heavy (non-hydrogen) atoms. The summed E-state index contributed by atoms with van der Waals surface area (Å²) < 4.78 is 33.7. The van der Waals surface area contributed by atoms with Gasteiger partial charge in [-0.05, 0) is 57.8 Å². The Morgan fingerprint density at radius 3 is 1.26 bits per heavy atom. The predicted octanol–water partition coefficient (Wildman–Crippen LogP) is 9.50. The molecule has 11 atom stereocenters. The minimum Gasteiger partial charge on any atom is -0.462 e. The fourth-order valence-electron chi connectivity index (χ4n) is 9.14. The third-order valence-corrected chi connectivity index (χ3v) is 13.9. The molecule has 422 valence electrons. The van der Waals surface area contributed by atoms with Gasteiger partial charge in [-0.25, -0.2) is 0 Å². The lowest BCUT2D eigenvalue weighted by Crippen LogP contribution is -2.61. The molecule has 7 N–H and O–H groups in total. The summed E-state index contributed by atoms with van der Waals surface area (Å²) in [5.74, 6) is -0.918. The normalized spacial score (nSPS) is 25.1. The zero-order valence-corrected chi connectivity index (χ0v) is 44.9. The molecule has 2 saturated heterocycles. The van der Waals surface area contributed by atoms with Gasteiger partial charge in [0.1, 0.15) is 55.4 Å². The van der Waals surface area contributed by atoms with Crippen LogP contribution in [0.15, 0.2) is 24.3 Å². The molecule has 0 spiro atoms. The average molecular weight is 1030 g/mol. The van der Waals surface area contributed by atoms with Crippen molar-refractivity contribution < 1.29 is 73.8 Å². The lowest BCUT2D eigenvalue weighted by atomic mass is 9.98. The van der Waals surface area contributed by atoms with Crippen LogP contribution in [0.4, 0.5) is 0 Å². The van der Waals surface area contributed by atoms with Crippen LogP contribution in [0.2, 0.25) is 0 Å². The maximum atomic E-state index is 13.0. The Morgan fingerprint density at radius 2 is 0.806 bits per heavy atom. The van der Waals surface area contributed by atoms with Crippen molar-refractivity contribution in [2.24, 2.45) is 0 Å². The molecule has 4 unspecified atom stereocenters. The summed E-state index contributed by atoms with van der Waals surface area (Å²) in [6.07, 6.45) is 30.5. The second kappa shape index (κ2) is 44.1. The number of rotatable bonds is 46. The van der Waals surface area contributed by atoms with Crippen LogP contribution < -0.4 is 0 Å². The van der Waals surface area contributed by atoms with Crippen molar-refractivity contribution in [2.45, 2.75) is 300 Å². The van der Waals surface area contributed by atoms with Crippen LogP contribution in [0.25, 0.3) is 0 Å². The molecule has 2 aliphatic heterocycles.